The lowest BCUT2D eigenvalue weighted by Gasteiger charge is -2.49. The van der Waals surface area contributed by atoms with E-state index in [1.807, 2.05) is 0 Å². The Morgan fingerprint density at radius 3 is 2.02 bits per heavy atom. The molecule has 1 aliphatic heterocycles. The summed E-state index contributed by atoms with van der Waals surface area (Å²) < 4.78 is 39.0. The molecular weight excluding hydrogens is 672 g/mol. The third-order valence-electron chi connectivity index (χ3n) is 7.42. The van der Waals surface area contributed by atoms with Crippen LogP contribution in [-0.2, 0) is 52.4 Å². The number of nitrogens with one attached hydrogen (secondary N) is 2. The maximum atomic E-state index is 13.4. The number of esters is 5. The number of rotatable bonds is 13. The van der Waals surface area contributed by atoms with Gasteiger partial charge in [-0.3, -0.25) is 24.0 Å². The number of amides is 2. The molecule has 282 valence electrons. The van der Waals surface area contributed by atoms with Crippen LogP contribution in [0, 0.1) is 13.8 Å². The van der Waals surface area contributed by atoms with Crippen molar-refractivity contribution in [3.05, 3.63) is 41.5 Å². The van der Waals surface area contributed by atoms with Gasteiger partial charge in [-0.1, -0.05) is 6.08 Å². The van der Waals surface area contributed by atoms with Crippen LogP contribution in [0.1, 0.15) is 82.8 Å². The number of alkyl carbamates (subject to hydrolysis) is 1. The Balaban J connectivity index is 2.71. The highest BCUT2D eigenvalue weighted by atomic mass is 16.6. The highest BCUT2D eigenvalue weighted by Crippen LogP contribution is 2.38. The number of benzene rings is 1. The average molecular weight is 721 g/mol. The molecule has 1 heterocycles. The van der Waals surface area contributed by atoms with E-state index in [1.54, 1.807) is 34.6 Å². The number of methoxy groups -OCH3 is 1. The lowest BCUT2D eigenvalue weighted by Crippen LogP contribution is -2.69. The van der Waals surface area contributed by atoms with Crippen molar-refractivity contribution in [1.29, 1.82) is 0 Å². The summed E-state index contributed by atoms with van der Waals surface area (Å²) >= 11 is 0. The second kappa shape index (κ2) is 17.8. The highest BCUT2D eigenvalue weighted by molar-refractivity contribution is 5.95. The summed E-state index contributed by atoms with van der Waals surface area (Å²) in [6.45, 7) is 15.9. The standard InChI is InChI=1S/C35H48N2O14/c1-12-13-35(32(43)45-11)16-25(46-20(4)38)27(37-33(44)51-34(8,9)10)30(50-35)29(49-23(7)41)26(47-21(5)39)17-36-31(42)24-14-18(2)28(19(3)15-24)48-22(6)40/h12,14-15,25-27,29-30H,1,13,16-17H2,2-11H3,(H,36,42)(H,37,44)/t25-,26?,27+,29?,30+,35+/m0/s1. The Bertz CT molecular complexity index is 1490. The molecule has 0 saturated carbocycles. The minimum Gasteiger partial charge on any atom is -0.467 e. The monoisotopic (exact) mass is 720 g/mol. The molecule has 0 spiro atoms. The van der Waals surface area contributed by atoms with Crippen molar-refractivity contribution < 1.29 is 66.7 Å². The molecule has 51 heavy (non-hydrogen) atoms. The molecule has 0 aromatic heterocycles. The zero-order valence-electron chi connectivity index (χ0n) is 30.7. The van der Waals surface area contributed by atoms with Gasteiger partial charge in [0.1, 0.15) is 23.6 Å². The summed E-state index contributed by atoms with van der Waals surface area (Å²) in [5, 5.41) is 5.25. The van der Waals surface area contributed by atoms with Crippen molar-refractivity contribution >= 4 is 41.8 Å². The molecule has 0 aliphatic carbocycles. The normalized spacial score (nSPS) is 21.1. The molecule has 0 radical (unpaired) electrons. The molecule has 1 aliphatic rings. The van der Waals surface area contributed by atoms with Gasteiger partial charge in [-0.2, -0.15) is 0 Å². The smallest absolute Gasteiger partial charge is 0.408 e. The Morgan fingerprint density at radius 2 is 1.55 bits per heavy atom. The number of ether oxygens (including phenoxy) is 7. The summed E-state index contributed by atoms with van der Waals surface area (Å²) in [4.78, 5) is 89.0. The average Bonchev–Trinajstić information content (AvgIpc) is 2.99. The first kappa shape index (κ1) is 42.2. The SMILES string of the molecule is C=CC[C@]1(C(=O)OC)C[C@H](OC(C)=O)[C@@H](NC(=O)OC(C)(C)C)[C@H](C(OC(C)=O)C(CNC(=O)c2cc(C)c(OC(C)=O)c(C)c2)OC(C)=O)O1. The van der Waals surface area contributed by atoms with Crippen molar-refractivity contribution in [3.63, 3.8) is 0 Å². The number of carbonyl (C=O) groups excluding carboxylic acids is 7. The molecule has 0 bridgehead atoms. The first-order valence-electron chi connectivity index (χ1n) is 16.1. The van der Waals surface area contributed by atoms with Gasteiger partial charge in [-0.25, -0.2) is 9.59 Å². The Kier molecular flexibility index (Phi) is 14.7. The maximum absolute atomic E-state index is 13.4. The van der Waals surface area contributed by atoms with E-state index in [0.717, 1.165) is 27.9 Å². The van der Waals surface area contributed by atoms with Crippen LogP contribution in [0.5, 0.6) is 5.75 Å². The number of carbonyl (C=O) groups is 7. The Labute approximate surface area is 296 Å². The number of hydrogen-bond donors (Lipinski definition) is 2. The third-order valence-corrected chi connectivity index (χ3v) is 7.42. The van der Waals surface area contributed by atoms with E-state index in [-0.39, 0.29) is 18.4 Å². The maximum Gasteiger partial charge on any atom is 0.408 e. The zero-order chi connectivity index (χ0) is 38.8. The highest BCUT2D eigenvalue weighted by Gasteiger charge is 2.58. The molecule has 2 unspecified atom stereocenters. The predicted molar refractivity (Wildman–Crippen MR) is 178 cm³/mol. The van der Waals surface area contributed by atoms with Gasteiger partial charge in [-0.05, 0) is 57.9 Å². The summed E-state index contributed by atoms with van der Waals surface area (Å²) in [6, 6.07) is 1.59. The quantitative estimate of drug-likeness (QED) is 0.130. The van der Waals surface area contributed by atoms with Crippen LogP contribution in [-0.4, -0.2) is 97.2 Å². The van der Waals surface area contributed by atoms with E-state index in [4.69, 9.17) is 33.2 Å². The molecule has 2 rings (SSSR count). The van der Waals surface area contributed by atoms with Crippen molar-refractivity contribution in [3.8, 4) is 5.75 Å². The van der Waals surface area contributed by atoms with Gasteiger partial charge in [0.2, 0.25) is 0 Å². The van der Waals surface area contributed by atoms with Crippen LogP contribution in [0.3, 0.4) is 0 Å². The van der Waals surface area contributed by atoms with E-state index in [2.05, 4.69) is 17.2 Å². The van der Waals surface area contributed by atoms with Gasteiger partial charge in [0, 0.05) is 46.1 Å². The molecular formula is C35H48N2O14. The topological polar surface area (TPSA) is 208 Å². The minimum absolute atomic E-state index is 0.163. The molecule has 2 amide bonds. The van der Waals surface area contributed by atoms with Gasteiger partial charge in [0.05, 0.1) is 19.7 Å². The van der Waals surface area contributed by atoms with Crippen LogP contribution in [0.15, 0.2) is 24.8 Å². The first-order valence-corrected chi connectivity index (χ1v) is 16.1. The summed E-state index contributed by atoms with van der Waals surface area (Å²) in [5.74, 6) is -4.31. The summed E-state index contributed by atoms with van der Waals surface area (Å²) in [5.41, 5.74) is -1.72. The fourth-order valence-corrected chi connectivity index (χ4v) is 5.69. The van der Waals surface area contributed by atoms with Gasteiger partial charge in [0.15, 0.2) is 17.8 Å². The van der Waals surface area contributed by atoms with Crippen molar-refractivity contribution in [2.75, 3.05) is 13.7 Å². The number of hydrogen-bond acceptors (Lipinski definition) is 14. The zero-order valence-corrected chi connectivity index (χ0v) is 30.7. The van der Waals surface area contributed by atoms with E-state index in [1.165, 1.54) is 25.1 Å². The van der Waals surface area contributed by atoms with Gasteiger partial charge < -0.3 is 43.8 Å². The Hall–Kier alpha value is -4.99. The molecule has 1 saturated heterocycles. The lowest BCUT2D eigenvalue weighted by atomic mass is 9.81. The van der Waals surface area contributed by atoms with E-state index in [9.17, 15) is 33.6 Å². The fourth-order valence-electron chi connectivity index (χ4n) is 5.69. The molecule has 16 heteroatoms. The Morgan fingerprint density at radius 1 is 0.961 bits per heavy atom. The summed E-state index contributed by atoms with van der Waals surface area (Å²) in [6.07, 6.45) is -6.23. The van der Waals surface area contributed by atoms with Crippen LogP contribution in [0.2, 0.25) is 0 Å². The van der Waals surface area contributed by atoms with E-state index >= 15 is 0 Å². The summed E-state index contributed by atoms with van der Waals surface area (Å²) in [7, 11) is 1.11. The predicted octanol–water partition coefficient (Wildman–Crippen LogP) is 2.92. The number of aryl methyl sites for hydroxylation is 2. The van der Waals surface area contributed by atoms with Crippen LogP contribution < -0.4 is 15.4 Å². The van der Waals surface area contributed by atoms with Gasteiger partial charge >= 0.3 is 35.9 Å². The van der Waals surface area contributed by atoms with Crippen molar-refractivity contribution in [1.82, 2.24) is 10.6 Å². The molecule has 1 aromatic carbocycles. The van der Waals surface area contributed by atoms with Crippen LogP contribution in [0.25, 0.3) is 0 Å². The molecule has 16 nitrogen and oxygen atoms in total. The molecule has 1 aromatic rings. The van der Waals surface area contributed by atoms with E-state index in [0.29, 0.717) is 16.9 Å². The molecule has 6 atom stereocenters. The third kappa shape index (κ3) is 12.1. The fraction of sp³-hybridized carbons (Fsp3) is 0.571. The lowest BCUT2D eigenvalue weighted by molar-refractivity contribution is -0.238. The van der Waals surface area contributed by atoms with E-state index < -0.39 is 90.1 Å². The van der Waals surface area contributed by atoms with Crippen LogP contribution in [0.4, 0.5) is 4.79 Å². The molecule has 1 fully saturated rings. The second-order valence-electron chi connectivity index (χ2n) is 13.0. The molecule has 2 N–H and O–H groups in total. The van der Waals surface area contributed by atoms with Crippen molar-refractivity contribution in [2.45, 2.75) is 117 Å². The first-order chi connectivity index (χ1) is 23.6. The van der Waals surface area contributed by atoms with Gasteiger partial charge in [-0.15, -0.1) is 6.58 Å². The minimum atomic E-state index is -1.89. The largest absolute Gasteiger partial charge is 0.467 e. The van der Waals surface area contributed by atoms with Crippen LogP contribution >= 0.6 is 0 Å². The second-order valence-corrected chi connectivity index (χ2v) is 13.0. The van der Waals surface area contributed by atoms with Crippen molar-refractivity contribution in [2.24, 2.45) is 0 Å². The van der Waals surface area contributed by atoms with Gasteiger partial charge in [0.25, 0.3) is 5.91 Å².